The second-order valence-corrected chi connectivity index (χ2v) is 10.3. The fourth-order valence-electron chi connectivity index (χ4n) is 5.07. The largest absolute Gasteiger partial charge is 0.394 e. The Morgan fingerprint density at radius 2 is 1.45 bits per heavy atom. The minimum atomic E-state index is -1.76. The molecule has 0 unspecified atom stereocenters. The highest BCUT2D eigenvalue weighted by Gasteiger charge is 2.52. The summed E-state index contributed by atoms with van der Waals surface area (Å²) in [6.45, 7) is -0.898. The van der Waals surface area contributed by atoms with E-state index in [1.807, 2.05) is 0 Å². The fourth-order valence-corrected chi connectivity index (χ4v) is 5.07. The number of nitrogens with one attached hydrogen (secondary N) is 1. The fraction of sp³-hybridized carbons (Fsp3) is 0.955. The zero-order chi connectivity index (χ0) is 29.9. The predicted molar refractivity (Wildman–Crippen MR) is 131 cm³/mol. The second-order valence-electron chi connectivity index (χ2n) is 10.3. The van der Waals surface area contributed by atoms with Crippen LogP contribution < -0.4 is 28.3 Å². The summed E-state index contributed by atoms with van der Waals surface area (Å²) in [4.78, 5) is 12.6. The molecule has 18 heteroatoms. The van der Waals surface area contributed by atoms with Crippen molar-refractivity contribution in [2.75, 3.05) is 19.7 Å². The molecular weight excluding hydrogens is 542 g/mol. The molecule has 3 rings (SSSR count). The molecule has 16 atom stereocenters. The van der Waals surface area contributed by atoms with Gasteiger partial charge < -0.3 is 88.1 Å². The van der Waals surface area contributed by atoms with E-state index < -0.39 is 110 Å². The molecule has 0 spiro atoms. The van der Waals surface area contributed by atoms with Crippen LogP contribution in [-0.4, -0.2) is 164 Å². The van der Waals surface area contributed by atoms with E-state index in [2.05, 4.69) is 5.32 Å². The average molecular weight is 586 g/mol. The van der Waals surface area contributed by atoms with Crippen molar-refractivity contribution in [2.24, 2.45) is 22.9 Å². The maximum absolute atomic E-state index is 12.6. The van der Waals surface area contributed by atoms with Crippen LogP contribution in [0.4, 0.5) is 0 Å². The standard InChI is InChI=1S/C22H43N5O13/c23-2-1-8(29)20(36)27-7-3-6(25)18(39-22-16(34)15(33)13(31)9(4-24)37-22)17(35)19(7)40-21-14(32)11(26)12(30)10(5-28)38-21/h6-19,21-22,28-35H,1-5,23-26H2,(H,27,36)/t6-,7+,8-,9+,10+,11-,12+,13-,14+,15-,16+,17-,18-,19+,21+,22+/m0/s1. The van der Waals surface area contributed by atoms with Gasteiger partial charge in [0.15, 0.2) is 12.6 Å². The smallest absolute Gasteiger partial charge is 0.249 e. The number of rotatable bonds is 10. The van der Waals surface area contributed by atoms with Gasteiger partial charge in [-0.1, -0.05) is 0 Å². The lowest BCUT2D eigenvalue weighted by atomic mass is 9.83. The average Bonchev–Trinajstić information content (AvgIpc) is 2.92. The maximum atomic E-state index is 12.6. The van der Waals surface area contributed by atoms with E-state index in [-0.39, 0.29) is 25.9 Å². The first-order chi connectivity index (χ1) is 18.9. The molecule has 1 amide bonds. The second kappa shape index (κ2) is 14.3. The van der Waals surface area contributed by atoms with Crippen LogP contribution in [-0.2, 0) is 23.7 Å². The number of hydrogen-bond acceptors (Lipinski definition) is 17. The molecule has 0 bridgehead atoms. The van der Waals surface area contributed by atoms with Crippen LogP contribution >= 0.6 is 0 Å². The number of aliphatic hydroxyl groups is 8. The first kappa shape index (κ1) is 33.3. The van der Waals surface area contributed by atoms with Gasteiger partial charge in [0.25, 0.3) is 0 Å². The Hall–Kier alpha value is -1.17. The summed E-state index contributed by atoms with van der Waals surface area (Å²) in [6, 6.07) is -3.45. The normalized spacial score (nSPS) is 47.0. The Balaban J connectivity index is 1.85. The van der Waals surface area contributed by atoms with Crippen molar-refractivity contribution >= 4 is 5.91 Å². The Labute approximate surface area is 229 Å². The molecular formula is C22H43N5O13. The molecule has 234 valence electrons. The van der Waals surface area contributed by atoms with Crippen molar-refractivity contribution in [3.8, 4) is 0 Å². The minimum absolute atomic E-state index is 0.0101. The van der Waals surface area contributed by atoms with Crippen molar-refractivity contribution in [3.05, 3.63) is 0 Å². The number of nitrogens with two attached hydrogens (primary N) is 4. The van der Waals surface area contributed by atoms with Gasteiger partial charge in [-0.3, -0.25) is 4.79 Å². The van der Waals surface area contributed by atoms with Crippen LogP contribution in [0.3, 0.4) is 0 Å². The summed E-state index contributed by atoms with van der Waals surface area (Å²) in [5, 5.41) is 84.9. The topological polar surface area (TPSA) is 332 Å². The van der Waals surface area contributed by atoms with Gasteiger partial charge in [0.05, 0.1) is 18.7 Å². The molecule has 3 fully saturated rings. The Morgan fingerprint density at radius 3 is 2.05 bits per heavy atom. The third kappa shape index (κ3) is 7.06. The predicted octanol–water partition coefficient (Wildman–Crippen LogP) is -8.42. The van der Waals surface area contributed by atoms with Crippen molar-refractivity contribution in [2.45, 2.75) is 111 Å². The third-order valence-corrected chi connectivity index (χ3v) is 7.51. The molecule has 0 radical (unpaired) electrons. The van der Waals surface area contributed by atoms with Gasteiger partial charge in [-0.15, -0.1) is 0 Å². The Kier molecular flexibility index (Phi) is 11.9. The van der Waals surface area contributed by atoms with E-state index >= 15 is 0 Å². The highest BCUT2D eigenvalue weighted by molar-refractivity contribution is 5.80. The van der Waals surface area contributed by atoms with Crippen LogP contribution in [0.25, 0.3) is 0 Å². The quantitative estimate of drug-likeness (QED) is 0.113. The number of amides is 1. The monoisotopic (exact) mass is 585 g/mol. The third-order valence-electron chi connectivity index (χ3n) is 7.51. The Bertz CT molecular complexity index is 815. The number of aliphatic hydroxyl groups excluding tert-OH is 8. The molecule has 1 aliphatic carbocycles. The van der Waals surface area contributed by atoms with E-state index in [1.165, 1.54) is 0 Å². The molecule has 3 aliphatic rings. The van der Waals surface area contributed by atoms with Crippen LogP contribution in [0.5, 0.6) is 0 Å². The van der Waals surface area contributed by atoms with E-state index in [1.54, 1.807) is 0 Å². The zero-order valence-corrected chi connectivity index (χ0v) is 21.7. The highest BCUT2D eigenvalue weighted by Crippen LogP contribution is 2.32. The summed E-state index contributed by atoms with van der Waals surface area (Å²) < 4.78 is 22.5. The summed E-state index contributed by atoms with van der Waals surface area (Å²) in [5.74, 6) is -0.845. The molecule has 0 aromatic rings. The van der Waals surface area contributed by atoms with Crippen molar-refractivity contribution < 1.29 is 64.6 Å². The SMILES string of the molecule is NCC[C@H](O)C(=O)N[C@@H]1C[C@H](N)[C@H](O[C@H]2O[C@H](CN)[C@H](O)[C@H](O)[C@H]2O)[C@H](O)[C@@H]1O[C@H]1O[C@H](CO)[C@@H](O)[C@H](N)[C@H]1O. The molecule has 0 aromatic heterocycles. The summed E-state index contributed by atoms with van der Waals surface area (Å²) >= 11 is 0. The molecule has 18 nitrogen and oxygen atoms in total. The lowest BCUT2D eigenvalue weighted by Crippen LogP contribution is -2.69. The minimum Gasteiger partial charge on any atom is -0.394 e. The molecule has 0 aromatic carbocycles. The van der Waals surface area contributed by atoms with Gasteiger partial charge in [0, 0.05) is 12.6 Å². The van der Waals surface area contributed by atoms with Crippen molar-refractivity contribution in [1.82, 2.24) is 5.32 Å². The molecule has 17 N–H and O–H groups in total. The van der Waals surface area contributed by atoms with Crippen LogP contribution in [0.15, 0.2) is 0 Å². The van der Waals surface area contributed by atoms with Crippen molar-refractivity contribution in [3.63, 3.8) is 0 Å². The summed E-state index contributed by atoms with van der Waals surface area (Å²) in [7, 11) is 0. The lowest BCUT2D eigenvalue weighted by molar-refractivity contribution is -0.332. The zero-order valence-electron chi connectivity index (χ0n) is 21.7. The number of carbonyl (C=O) groups excluding carboxylic acids is 1. The molecule has 1 saturated carbocycles. The van der Waals surface area contributed by atoms with E-state index in [4.69, 9.17) is 41.9 Å². The van der Waals surface area contributed by atoms with E-state index in [9.17, 15) is 45.6 Å². The number of ether oxygens (including phenoxy) is 4. The van der Waals surface area contributed by atoms with Gasteiger partial charge in [0.1, 0.15) is 67.1 Å². The summed E-state index contributed by atoms with van der Waals surface area (Å²) in [5.41, 5.74) is 23.1. The van der Waals surface area contributed by atoms with Gasteiger partial charge in [-0.2, -0.15) is 0 Å². The number of carbonyl (C=O) groups is 1. The highest BCUT2D eigenvalue weighted by atomic mass is 16.7. The van der Waals surface area contributed by atoms with Gasteiger partial charge >= 0.3 is 0 Å². The van der Waals surface area contributed by atoms with Gasteiger partial charge in [0.2, 0.25) is 5.91 Å². The van der Waals surface area contributed by atoms with Crippen LogP contribution in [0.2, 0.25) is 0 Å². The lowest BCUT2D eigenvalue weighted by Gasteiger charge is -2.49. The van der Waals surface area contributed by atoms with Crippen molar-refractivity contribution in [1.29, 1.82) is 0 Å². The van der Waals surface area contributed by atoms with Crippen LogP contribution in [0.1, 0.15) is 12.8 Å². The molecule has 2 heterocycles. The molecule has 40 heavy (non-hydrogen) atoms. The van der Waals surface area contributed by atoms with E-state index in [0.29, 0.717) is 0 Å². The van der Waals surface area contributed by atoms with Gasteiger partial charge in [-0.25, -0.2) is 0 Å². The van der Waals surface area contributed by atoms with E-state index in [0.717, 1.165) is 0 Å². The first-order valence-electron chi connectivity index (χ1n) is 13.1. The molecule has 2 saturated heterocycles. The first-order valence-corrected chi connectivity index (χ1v) is 13.1. The van der Waals surface area contributed by atoms with Crippen LogP contribution in [0, 0.1) is 0 Å². The number of hydrogen-bond donors (Lipinski definition) is 13. The Morgan fingerprint density at radius 1 is 0.850 bits per heavy atom. The summed E-state index contributed by atoms with van der Waals surface area (Å²) in [6.07, 6.45) is -19.8. The molecule has 2 aliphatic heterocycles. The maximum Gasteiger partial charge on any atom is 0.249 e. The van der Waals surface area contributed by atoms with Gasteiger partial charge in [-0.05, 0) is 19.4 Å².